The molecule has 2 aromatic carbocycles. The summed E-state index contributed by atoms with van der Waals surface area (Å²) in [6.07, 6.45) is 0.336. The number of hydrogen-bond donors (Lipinski definition) is 1. The van der Waals surface area contributed by atoms with Gasteiger partial charge in [0.25, 0.3) is 0 Å². The molecular weight excluding hydrogens is 368 g/mol. The average molecular weight is 392 g/mol. The number of para-hydroxylation sites is 2. The maximum atomic E-state index is 11.8. The molecule has 2 heterocycles. The van der Waals surface area contributed by atoms with Crippen LogP contribution in [0.4, 0.5) is 4.79 Å². The van der Waals surface area contributed by atoms with E-state index in [0.717, 1.165) is 45.9 Å². The quantitative estimate of drug-likeness (QED) is 0.538. The number of carbonyl (C=O) groups is 1. The second-order valence-corrected chi connectivity index (χ2v) is 6.85. The fraction of sp³-hybridized carbons (Fsp3) is 0.261. The summed E-state index contributed by atoms with van der Waals surface area (Å²) in [4.78, 5) is 11.8. The van der Waals surface area contributed by atoms with E-state index in [-0.39, 0.29) is 6.61 Å². The molecule has 0 saturated carbocycles. The largest absolute Gasteiger partial charge is 0.496 e. The smallest absolute Gasteiger partial charge is 0.407 e. The summed E-state index contributed by atoms with van der Waals surface area (Å²) >= 11 is 0. The van der Waals surface area contributed by atoms with Crippen LogP contribution < -0.4 is 10.1 Å². The van der Waals surface area contributed by atoms with Gasteiger partial charge in [-0.15, -0.1) is 0 Å². The molecule has 150 valence electrons. The fourth-order valence-electron chi connectivity index (χ4n) is 4.04. The fourth-order valence-corrected chi connectivity index (χ4v) is 4.04. The molecule has 29 heavy (non-hydrogen) atoms. The minimum atomic E-state index is -0.467. The van der Waals surface area contributed by atoms with E-state index in [1.54, 1.807) is 21.3 Å². The van der Waals surface area contributed by atoms with Gasteiger partial charge in [0.15, 0.2) is 0 Å². The van der Waals surface area contributed by atoms with Gasteiger partial charge in [-0.05, 0) is 23.8 Å². The molecule has 0 spiro atoms. The Hall–Kier alpha value is -3.25. The molecule has 1 amide bonds. The molecule has 6 nitrogen and oxygen atoms in total. The Morgan fingerprint density at radius 1 is 1.03 bits per heavy atom. The van der Waals surface area contributed by atoms with Gasteiger partial charge in [0.1, 0.15) is 12.4 Å². The number of alkyl carbamates (subject to hydrolysis) is 1. The summed E-state index contributed by atoms with van der Waals surface area (Å²) in [5, 5.41) is 2.51. The highest BCUT2D eigenvalue weighted by Gasteiger charge is 2.31. The van der Waals surface area contributed by atoms with E-state index >= 15 is 0 Å². The van der Waals surface area contributed by atoms with Crippen LogP contribution in [-0.2, 0) is 29.1 Å². The molecule has 0 aliphatic carbocycles. The molecule has 1 aliphatic rings. The Bertz CT molecular complexity index is 1060. The highest BCUT2D eigenvalue weighted by molar-refractivity contribution is 5.78. The monoisotopic (exact) mass is 392 g/mol. The van der Waals surface area contributed by atoms with E-state index in [2.05, 4.69) is 28.1 Å². The van der Waals surface area contributed by atoms with E-state index in [1.807, 2.05) is 30.3 Å². The van der Waals surface area contributed by atoms with Crippen molar-refractivity contribution in [2.24, 2.45) is 0 Å². The van der Waals surface area contributed by atoms with Gasteiger partial charge in [-0.3, -0.25) is 0 Å². The van der Waals surface area contributed by atoms with Gasteiger partial charge in [-0.1, -0.05) is 30.3 Å². The number of nitrogens with one attached hydrogen (secondary N) is 1. The zero-order valence-electron chi connectivity index (χ0n) is 16.8. The van der Waals surface area contributed by atoms with Crippen molar-refractivity contribution in [1.82, 2.24) is 9.88 Å². The number of methoxy groups -OCH3 is 2. The molecule has 0 saturated heterocycles. The summed E-state index contributed by atoms with van der Waals surface area (Å²) in [7, 11) is 4.89. The van der Waals surface area contributed by atoms with E-state index in [4.69, 9.17) is 14.2 Å². The zero-order valence-corrected chi connectivity index (χ0v) is 16.8. The first-order valence-electron chi connectivity index (χ1n) is 9.50. The summed E-state index contributed by atoms with van der Waals surface area (Å²) in [6.45, 7) is 0.582. The van der Waals surface area contributed by atoms with Crippen molar-refractivity contribution in [1.29, 1.82) is 0 Å². The molecule has 0 fully saturated rings. The molecule has 6 heteroatoms. The molecule has 0 bridgehead atoms. The second-order valence-electron chi connectivity index (χ2n) is 6.85. The number of carbonyl (C=O) groups excluding carboxylic acids is 1. The number of fused-ring (bicyclic) bond motifs is 3. The van der Waals surface area contributed by atoms with E-state index in [1.165, 1.54) is 5.56 Å². The minimum absolute atomic E-state index is 0.147. The number of hydrogen-bond acceptors (Lipinski definition) is 4. The van der Waals surface area contributed by atoms with Crippen LogP contribution in [0.5, 0.6) is 5.75 Å². The molecule has 1 N–H and O–H groups in total. The first-order valence-corrected chi connectivity index (χ1v) is 9.50. The lowest BCUT2D eigenvalue weighted by Gasteiger charge is -2.15. The summed E-state index contributed by atoms with van der Waals surface area (Å²) in [5.41, 5.74) is 7.45. The second kappa shape index (κ2) is 8.01. The van der Waals surface area contributed by atoms with Gasteiger partial charge in [-0.25, -0.2) is 4.79 Å². The van der Waals surface area contributed by atoms with Crippen LogP contribution in [0.25, 0.3) is 16.9 Å². The highest BCUT2D eigenvalue weighted by Crippen LogP contribution is 2.44. The Kier molecular flexibility index (Phi) is 5.27. The van der Waals surface area contributed by atoms with Crippen LogP contribution in [0.1, 0.15) is 22.4 Å². The Morgan fingerprint density at radius 3 is 2.55 bits per heavy atom. The van der Waals surface area contributed by atoms with E-state index in [0.29, 0.717) is 6.61 Å². The SMILES string of the molecule is CNC(=O)OCc1c(COC)c2n(c1-c1ccccc1OC)-c1ccccc1C2. The maximum Gasteiger partial charge on any atom is 0.407 e. The van der Waals surface area contributed by atoms with Crippen LogP contribution >= 0.6 is 0 Å². The van der Waals surface area contributed by atoms with Gasteiger partial charge in [0.2, 0.25) is 0 Å². The predicted molar refractivity (Wildman–Crippen MR) is 111 cm³/mol. The van der Waals surface area contributed by atoms with Crippen molar-refractivity contribution in [3.63, 3.8) is 0 Å². The van der Waals surface area contributed by atoms with Crippen molar-refractivity contribution in [2.75, 3.05) is 21.3 Å². The summed E-state index contributed by atoms with van der Waals surface area (Å²) in [6, 6.07) is 16.3. The Balaban J connectivity index is 1.98. The van der Waals surface area contributed by atoms with Crippen LogP contribution in [0.3, 0.4) is 0 Å². The van der Waals surface area contributed by atoms with E-state index < -0.39 is 6.09 Å². The van der Waals surface area contributed by atoms with Crippen molar-refractivity contribution < 1.29 is 19.0 Å². The molecule has 1 aliphatic heterocycles. The van der Waals surface area contributed by atoms with Crippen molar-refractivity contribution in [2.45, 2.75) is 19.6 Å². The third-order valence-corrected chi connectivity index (χ3v) is 5.28. The lowest BCUT2D eigenvalue weighted by atomic mass is 10.0. The molecular formula is C23H24N2O4. The molecule has 0 unspecified atom stereocenters. The van der Waals surface area contributed by atoms with E-state index in [9.17, 15) is 4.79 Å². The van der Waals surface area contributed by atoms with Crippen LogP contribution in [0.2, 0.25) is 0 Å². The number of ether oxygens (including phenoxy) is 3. The van der Waals surface area contributed by atoms with Gasteiger partial charge in [0, 0.05) is 48.6 Å². The van der Waals surface area contributed by atoms with Crippen LogP contribution in [0.15, 0.2) is 48.5 Å². The third kappa shape index (κ3) is 3.25. The van der Waals surface area contributed by atoms with Gasteiger partial charge in [0.05, 0.1) is 19.4 Å². The van der Waals surface area contributed by atoms with Crippen molar-refractivity contribution >= 4 is 6.09 Å². The number of nitrogens with zero attached hydrogens (tertiary/aromatic N) is 1. The minimum Gasteiger partial charge on any atom is -0.496 e. The molecule has 0 atom stereocenters. The number of amides is 1. The zero-order chi connectivity index (χ0) is 20.4. The standard InChI is InChI=1S/C23H24N2O4/c1-24-23(26)29-14-18-17(13-27-2)20-12-15-8-4-6-10-19(15)25(20)22(18)16-9-5-7-11-21(16)28-3/h4-11H,12-14H2,1-3H3,(H,24,26). The van der Waals surface area contributed by atoms with Crippen LogP contribution in [-0.4, -0.2) is 31.9 Å². The first kappa shape index (κ1) is 19.1. The third-order valence-electron chi connectivity index (χ3n) is 5.28. The van der Waals surface area contributed by atoms with Crippen molar-refractivity contribution in [3.8, 4) is 22.7 Å². The van der Waals surface area contributed by atoms with Crippen molar-refractivity contribution in [3.05, 3.63) is 70.9 Å². The predicted octanol–water partition coefficient (Wildman–Crippen LogP) is 4.06. The summed E-state index contributed by atoms with van der Waals surface area (Å²) < 4.78 is 18.9. The molecule has 4 rings (SSSR count). The molecule has 0 radical (unpaired) electrons. The number of rotatable bonds is 6. The Morgan fingerprint density at radius 2 is 1.79 bits per heavy atom. The van der Waals surface area contributed by atoms with Crippen LogP contribution in [0, 0.1) is 0 Å². The van der Waals surface area contributed by atoms with Gasteiger partial charge in [-0.2, -0.15) is 0 Å². The topological polar surface area (TPSA) is 61.7 Å². The highest BCUT2D eigenvalue weighted by atomic mass is 16.5. The van der Waals surface area contributed by atoms with Gasteiger partial charge < -0.3 is 24.1 Å². The first-order chi connectivity index (χ1) is 14.2. The number of benzene rings is 2. The molecule has 3 aromatic rings. The van der Waals surface area contributed by atoms with Gasteiger partial charge >= 0.3 is 6.09 Å². The lowest BCUT2D eigenvalue weighted by molar-refractivity contribution is 0.139. The summed E-state index contributed by atoms with van der Waals surface area (Å²) in [5.74, 6) is 0.766. The number of aromatic nitrogens is 1. The normalized spacial score (nSPS) is 11.7. The average Bonchev–Trinajstić information content (AvgIpc) is 3.27. The maximum absolute atomic E-state index is 11.8. The lowest BCUT2D eigenvalue weighted by Crippen LogP contribution is -2.19. The Labute approximate surface area is 170 Å². The molecule has 1 aromatic heterocycles.